The monoisotopic (exact) mass is 331 g/mol. The molecule has 0 aromatic carbocycles. The first-order valence-corrected chi connectivity index (χ1v) is 8.65. The van der Waals surface area contributed by atoms with Crippen LogP contribution in [0.3, 0.4) is 0 Å². The summed E-state index contributed by atoms with van der Waals surface area (Å²) in [6.45, 7) is 2.54. The SMILES string of the molecule is CC(=O)NCc1cncc([C@@H]2CCCN2C(=O)C2(N)CCCC2)n1. The highest BCUT2D eigenvalue weighted by Gasteiger charge is 2.43. The van der Waals surface area contributed by atoms with Gasteiger partial charge in [-0.15, -0.1) is 0 Å². The van der Waals surface area contributed by atoms with Crippen LogP contribution in [-0.2, 0) is 16.1 Å². The third kappa shape index (κ3) is 3.40. The number of amides is 2. The number of rotatable bonds is 4. The van der Waals surface area contributed by atoms with Crippen LogP contribution >= 0.6 is 0 Å². The lowest BCUT2D eigenvalue weighted by atomic mass is 9.96. The Balaban J connectivity index is 1.76. The van der Waals surface area contributed by atoms with Gasteiger partial charge in [0.25, 0.3) is 0 Å². The number of aromatic nitrogens is 2. The van der Waals surface area contributed by atoms with E-state index in [2.05, 4.69) is 15.3 Å². The molecule has 7 heteroatoms. The van der Waals surface area contributed by atoms with Crippen LogP contribution in [0.2, 0.25) is 0 Å². The first kappa shape index (κ1) is 16.8. The van der Waals surface area contributed by atoms with Crippen LogP contribution in [0.5, 0.6) is 0 Å². The Hall–Kier alpha value is -2.02. The van der Waals surface area contributed by atoms with E-state index in [0.717, 1.165) is 50.8 Å². The molecule has 7 nitrogen and oxygen atoms in total. The van der Waals surface area contributed by atoms with Crippen molar-refractivity contribution in [3.63, 3.8) is 0 Å². The number of nitrogens with one attached hydrogen (secondary N) is 1. The Morgan fingerprint density at radius 2 is 2.08 bits per heavy atom. The average Bonchev–Trinajstić information content (AvgIpc) is 3.22. The highest BCUT2D eigenvalue weighted by molar-refractivity contribution is 5.87. The fourth-order valence-corrected chi connectivity index (χ4v) is 3.71. The number of nitrogens with zero attached hydrogens (tertiary/aromatic N) is 3. The quantitative estimate of drug-likeness (QED) is 0.858. The lowest BCUT2D eigenvalue weighted by molar-refractivity contribution is -0.137. The standard InChI is InChI=1S/C17H25N5O2/c1-12(23)20-10-13-9-19-11-14(21-13)15-5-4-8-22(15)16(24)17(18)6-2-3-7-17/h9,11,15H,2-8,10,18H2,1H3,(H,20,23)/t15-/m0/s1. The van der Waals surface area contributed by atoms with Crippen LogP contribution in [-0.4, -0.2) is 38.8 Å². The smallest absolute Gasteiger partial charge is 0.243 e. The highest BCUT2D eigenvalue weighted by atomic mass is 16.2. The van der Waals surface area contributed by atoms with Crippen molar-refractivity contribution >= 4 is 11.8 Å². The molecule has 1 aromatic rings. The number of carbonyl (C=O) groups is 2. The molecule has 24 heavy (non-hydrogen) atoms. The van der Waals surface area contributed by atoms with Crippen molar-refractivity contribution in [1.82, 2.24) is 20.2 Å². The Labute approximate surface area is 142 Å². The fourth-order valence-electron chi connectivity index (χ4n) is 3.71. The number of hydrogen-bond acceptors (Lipinski definition) is 5. The Kier molecular flexibility index (Phi) is 4.80. The summed E-state index contributed by atoms with van der Waals surface area (Å²) in [5.74, 6) is -0.0530. The maximum atomic E-state index is 12.9. The van der Waals surface area contributed by atoms with Crippen molar-refractivity contribution in [2.75, 3.05) is 6.54 Å². The van der Waals surface area contributed by atoms with Gasteiger partial charge in [0.05, 0.1) is 41.9 Å². The lowest BCUT2D eigenvalue weighted by Gasteiger charge is -2.32. The molecular formula is C17H25N5O2. The number of likely N-dealkylation sites (tertiary alicyclic amines) is 1. The van der Waals surface area contributed by atoms with Gasteiger partial charge in [-0.05, 0) is 25.7 Å². The van der Waals surface area contributed by atoms with Gasteiger partial charge in [-0.1, -0.05) is 12.8 Å². The molecule has 1 aliphatic carbocycles. The van der Waals surface area contributed by atoms with Gasteiger partial charge in [-0.3, -0.25) is 19.6 Å². The van der Waals surface area contributed by atoms with Crippen LogP contribution in [0.4, 0.5) is 0 Å². The molecule has 2 fully saturated rings. The van der Waals surface area contributed by atoms with Gasteiger partial charge in [0.1, 0.15) is 0 Å². The molecular weight excluding hydrogens is 306 g/mol. The average molecular weight is 331 g/mol. The third-order valence-electron chi connectivity index (χ3n) is 5.00. The molecule has 0 bridgehead atoms. The maximum Gasteiger partial charge on any atom is 0.243 e. The van der Waals surface area contributed by atoms with Gasteiger partial charge >= 0.3 is 0 Å². The predicted molar refractivity (Wildman–Crippen MR) is 88.6 cm³/mol. The third-order valence-corrected chi connectivity index (χ3v) is 5.00. The topological polar surface area (TPSA) is 101 Å². The van der Waals surface area contributed by atoms with E-state index in [1.807, 2.05) is 4.90 Å². The molecule has 1 saturated carbocycles. The van der Waals surface area contributed by atoms with Crippen molar-refractivity contribution in [3.8, 4) is 0 Å². The van der Waals surface area contributed by atoms with E-state index in [1.54, 1.807) is 12.4 Å². The summed E-state index contributed by atoms with van der Waals surface area (Å²) in [6, 6.07) is -0.0664. The minimum atomic E-state index is -0.705. The molecule has 1 saturated heterocycles. The predicted octanol–water partition coefficient (Wildman–Crippen LogP) is 1.05. The molecule has 2 aliphatic rings. The van der Waals surface area contributed by atoms with E-state index >= 15 is 0 Å². The van der Waals surface area contributed by atoms with Crippen LogP contribution in [0.1, 0.15) is 62.9 Å². The lowest BCUT2D eigenvalue weighted by Crippen LogP contribution is -2.53. The zero-order chi connectivity index (χ0) is 17.2. The second-order valence-corrected chi connectivity index (χ2v) is 6.86. The van der Waals surface area contributed by atoms with Crippen LogP contribution in [0.25, 0.3) is 0 Å². The van der Waals surface area contributed by atoms with E-state index in [1.165, 1.54) is 6.92 Å². The summed E-state index contributed by atoms with van der Waals surface area (Å²) in [6.07, 6.45) is 8.75. The molecule has 1 atom stereocenters. The summed E-state index contributed by atoms with van der Waals surface area (Å²) in [5, 5.41) is 2.72. The minimum Gasteiger partial charge on any atom is -0.351 e. The minimum absolute atomic E-state index is 0.0524. The normalized spacial score (nSPS) is 22.6. The molecule has 1 aliphatic heterocycles. The molecule has 1 aromatic heterocycles. The Morgan fingerprint density at radius 1 is 1.33 bits per heavy atom. The van der Waals surface area contributed by atoms with Crippen molar-refractivity contribution in [3.05, 3.63) is 23.8 Å². The second-order valence-electron chi connectivity index (χ2n) is 6.86. The molecule has 3 N–H and O–H groups in total. The first-order chi connectivity index (χ1) is 11.5. The summed E-state index contributed by atoms with van der Waals surface area (Å²) < 4.78 is 0. The van der Waals surface area contributed by atoms with Crippen LogP contribution in [0, 0.1) is 0 Å². The Morgan fingerprint density at radius 3 is 2.79 bits per heavy atom. The van der Waals surface area contributed by atoms with Gasteiger partial charge in [0, 0.05) is 13.5 Å². The van der Waals surface area contributed by atoms with E-state index in [9.17, 15) is 9.59 Å². The molecule has 2 heterocycles. The van der Waals surface area contributed by atoms with Gasteiger partial charge in [0.15, 0.2) is 0 Å². The zero-order valence-electron chi connectivity index (χ0n) is 14.1. The molecule has 2 amide bonds. The van der Waals surface area contributed by atoms with Crippen molar-refractivity contribution in [1.29, 1.82) is 0 Å². The molecule has 0 radical (unpaired) electrons. The second kappa shape index (κ2) is 6.84. The molecule has 130 valence electrons. The van der Waals surface area contributed by atoms with Gasteiger partial charge in [-0.2, -0.15) is 0 Å². The van der Waals surface area contributed by atoms with E-state index in [0.29, 0.717) is 12.2 Å². The van der Waals surface area contributed by atoms with Crippen LogP contribution in [0.15, 0.2) is 12.4 Å². The van der Waals surface area contributed by atoms with Crippen LogP contribution < -0.4 is 11.1 Å². The molecule has 0 unspecified atom stereocenters. The largest absolute Gasteiger partial charge is 0.351 e. The summed E-state index contributed by atoms with van der Waals surface area (Å²) in [7, 11) is 0. The Bertz CT molecular complexity index is 627. The molecule has 3 rings (SSSR count). The number of carbonyl (C=O) groups excluding carboxylic acids is 2. The van der Waals surface area contributed by atoms with Crippen molar-refractivity contribution < 1.29 is 9.59 Å². The first-order valence-electron chi connectivity index (χ1n) is 8.65. The van der Waals surface area contributed by atoms with Gasteiger partial charge in [0.2, 0.25) is 11.8 Å². The summed E-state index contributed by atoms with van der Waals surface area (Å²) in [5.41, 5.74) is 7.14. The van der Waals surface area contributed by atoms with E-state index < -0.39 is 5.54 Å². The number of nitrogens with two attached hydrogens (primary N) is 1. The van der Waals surface area contributed by atoms with Gasteiger partial charge < -0.3 is 16.0 Å². The van der Waals surface area contributed by atoms with E-state index in [4.69, 9.17) is 5.73 Å². The van der Waals surface area contributed by atoms with Crippen molar-refractivity contribution in [2.45, 2.75) is 63.6 Å². The summed E-state index contributed by atoms with van der Waals surface area (Å²) in [4.78, 5) is 34.7. The van der Waals surface area contributed by atoms with Gasteiger partial charge in [-0.25, -0.2) is 0 Å². The zero-order valence-corrected chi connectivity index (χ0v) is 14.1. The highest BCUT2D eigenvalue weighted by Crippen LogP contribution is 2.36. The summed E-state index contributed by atoms with van der Waals surface area (Å²) >= 11 is 0. The number of hydrogen-bond donors (Lipinski definition) is 2. The van der Waals surface area contributed by atoms with E-state index in [-0.39, 0.29) is 17.9 Å². The molecule has 0 spiro atoms. The fraction of sp³-hybridized carbons (Fsp3) is 0.647. The maximum absolute atomic E-state index is 12.9. The van der Waals surface area contributed by atoms with Crippen molar-refractivity contribution in [2.24, 2.45) is 5.73 Å².